The monoisotopic (exact) mass is 489 g/mol. The van der Waals surface area contributed by atoms with Gasteiger partial charge in [0.2, 0.25) is 5.78 Å². The number of β-amino-alcohol motifs (C(OH)–C–C–N with tert-alkyl or cyclic N) is 1. The number of imidazole rings is 1. The number of nitrogens with zero attached hydrogens (tertiary/aromatic N) is 4. The summed E-state index contributed by atoms with van der Waals surface area (Å²) in [7, 11) is 0. The fourth-order valence-electron chi connectivity index (χ4n) is 4.27. The lowest BCUT2D eigenvalue weighted by Crippen LogP contribution is -2.65. The first-order valence-corrected chi connectivity index (χ1v) is 10.4. The summed E-state index contributed by atoms with van der Waals surface area (Å²) >= 11 is 2.17. The van der Waals surface area contributed by atoms with Gasteiger partial charge in [0.1, 0.15) is 9.39 Å². The second kappa shape index (κ2) is 6.78. The van der Waals surface area contributed by atoms with E-state index in [1.807, 2.05) is 22.7 Å². The van der Waals surface area contributed by atoms with Crippen LogP contribution >= 0.6 is 22.6 Å². The molecular weight excluding hydrogens is 469 g/mol. The smallest absolute Gasteiger partial charge is 0.272 e. The van der Waals surface area contributed by atoms with Gasteiger partial charge in [0.25, 0.3) is 5.91 Å². The maximum absolute atomic E-state index is 13.0. The van der Waals surface area contributed by atoms with Crippen molar-refractivity contribution in [2.75, 3.05) is 13.1 Å². The molecule has 28 heavy (non-hydrogen) atoms. The number of nitrogens with one attached hydrogen (secondary N) is 1. The first kappa shape index (κ1) is 18.0. The summed E-state index contributed by atoms with van der Waals surface area (Å²) in [5.74, 6) is 0.348. The molecule has 1 fully saturated rings. The number of benzene rings is 1. The van der Waals surface area contributed by atoms with Crippen LogP contribution in [0.4, 0.5) is 0 Å². The molecule has 2 aliphatic rings. The lowest BCUT2D eigenvalue weighted by atomic mass is 9.76. The number of rotatable bonds is 1. The van der Waals surface area contributed by atoms with E-state index >= 15 is 0 Å². The highest BCUT2D eigenvalue weighted by Gasteiger charge is 2.45. The largest absolute Gasteiger partial charge is 0.389 e. The highest BCUT2D eigenvalue weighted by Crippen LogP contribution is 2.32. The summed E-state index contributed by atoms with van der Waals surface area (Å²) in [4.78, 5) is 23.3. The third-order valence-corrected chi connectivity index (χ3v) is 6.75. The Balaban J connectivity index is 1.34. The predicted molar refractivity (Wildman–Crippen MR) is 112 cm³/mol. The molecule has 0 aliphatic carbocycles. The van der Waals surface area contributed by atoms with Crippen LogP contribution in [0.25, 0.3) is 5.78 Å². The first-order chi connectivity index (χ1) is 13.6. The molecule has 0 saturated carbocycles. The number of amides is 1. The second-order valence-corrected chi connectivity index (χ2v) is 8.64. The predicted octanol–water partition coefficient (Wildman–Crippen LogP) is 1.63. The molecule has 1 aromatic carbocycles. The van der Waals surface area contributed by atoms with Crippen LogP contribution in [0.3, 0.4) is 0 Å². The molecule has 1 amide bonds. The summed E-state index contributed by atoms with van der Waals surface area (Å²) in [6.45, 7) is 1.63. The standard InChI is InChI=1S/C20H20IN5O2/c21-17-11-22-19-24-15(5-7-26(17)19)18(28)25-8-6-20(16(27)12-25)9-13-3-1-2-4-14(13)10-23-20/h1-5,7,11,16,23,27H,6,8-10,12H2/t16-,20+/m1/s1. The third kappa shape index (κ3) is 2.90. The van der Waals surface area contributed by atoms with E-state index < -0.39 is 6.10 Å². The lowest BCUT2D eigenvalue weighted by molar-refractivity contribution is -0.0140. The van der Waals surface area contributed by atoms with Gasteiger partial charge in [0.15, 0.2) is 0 Å². The number of hydrogen-bond donors (Lipinski definition) is 2. The summed E-state index contributed by atoms with van der Waals surface area (Å²) in [6.07, 6.45) is 4.39. The van der Waals surface area contributed by atoms with E-state index in [2.05, 4.69) is 50.0 Å². The highest BCUT2D eigenvalue weighted by atomic mass is 127. The molecule has 1 spiro atoms. The van der Waals surface area contributed by atoms with E-state index in [9.17, 15) is 9.90 Å². The van der Waals surface area contributed by atoms with Gasteiger partial charge in [-0.2, -0.15) is 0 Å². The zero-order chi connectivity index (χ0) is 19.3. The second-order valence-electron chi connectivity index (χ2n) is 7.54. The quantitative estimate of drug-likeness (QED) is 0.508. The molecule has 0 bridgehead atoms. The Morgan fingerprint density at radius 2 is 2.11 bits per heavy atom. The lowest BCUT2D eigenvalue weighted by Gasteiger charge is -2.48. The van der Waals surface area contributed by atoms with Gasteiger partial charge in [-0.1, -0.05) is 24.3 Å². The van der Waals surface area contributed by atoms with E-state index in [4.69, 9.17) is 0 Å². The Kier molecular flexibility index (Phi) is 4.37. The van der Waals surface area contributed by atoms with Gasteiger partial charge >= 0.3 is 0 Å². The number of halogens is 1. The van der Waals surface area contributed by atoms with Crippen LogP contribution in [0.1, 0.15) is 28.0 Å². The first-order valence-electron chi connectivity index (χ1n) is 9.34. The Morgan fingerprint density at radius 3 is 2.93 bits per heavy atom. The van der Waals surface area contributed by atoms with Crippen LogP contribution in [-0.2, 0) is 13.0 Å². The molecule has 2 N–H and O–H groups in total. The topological polar surface area (TPSA) is 82.8 Å². The average Bonchev–Trinajstić information content (AvgIpc) is 3.10. The molecule has 5 rings (SSSR count). The molecule has 3 aromatic rings. The molecule has 0 radical (unpaired) electrons. The van der Waals surface area contributed by atoms with Crippen molar-refractivity contribution >= 4 is 34.3 Å². The number of fused-ring (bicyclic) bond motifs is 2. The van der Waals surface area contributed by atoms with Crippen LogP contribution in [0.5, 0.6) is 0 Å². The number of hydrogen-bond acceptors (Lipinski definition) is 5. The fraction of sp³-hybridized carbons (Fsp3) is 0.350. The molecule has 144 valence electrons. The number of carbonyl (C=O) groups is 1. The fourth-order valence-corrected chi connectivity index (χ4v) is 4.79. The van der Waals surface area contributed by atoms with E-state index in [0.717, 1.165) is 16.7 Å². The summed E-state index contributed by atoms with van der Waals surface area (Å²) in [5.41, 5.74) is 2.55. The van der Waals surface area contributed by atoms with E-state index in [1.54, 1.807) is 17.2 Å². The van der Waals surface area contributed by atoms with Crippen LogP contribution in [-0.4, -0.2) is 55.0 Å². The van der Waals surface area contributed by atoms with Crippen molar-refractivity contribution < 1.29 is 9.90 Å². The molecule has 7 nitrogen and oxygen atoms in total. The maximum atomic E-state index is 13.0. The minimum atomic E-state index is -0.630. The summed E-state index contributed by atoms with van der Waals surface area (Å²) in [5, 5.41) is 14.5. The Morgan fingerprint density at radius 1 is 1.29 bits per heavy atom. The number of aromatic nitrogens is 3. The van der Waals surface area contributed by atoms with Crippen LogP contribution in [0, 0.1) is 3.70 Å². The molecule has 4 heterocycles. The Bertz CT molecular complexity index is 1070. The van der Waals surface area contributed by atoms with Crippen LogP contribution in [0.2, 0.25) is 0 Å². The van der Waals surface area contributed by atoms with E-state index in [-0.39, 0.29) is 11.4 Å². The molecule has 2 atom stereocenters. The number of aliphatic hydroxyl groups excluding tert-OH is 1. The SMILES string of the molecule is O=C(c1ccn2c(I)cnc2n1)N1CC[C@]2(Cc3ccccc3CN2)[C@H](O)C1. The van der Waals surface area contributed by atoms with Gasteiger partial charge in [0.05, 0.1) is 17.8 Å². The van der Waals surface area contributed by atoms with Gasteiger partial charge in [-0.15, -0.1) is 0 Å². The van der Waals surface area contributed by atoms with Crippen LogP contribution in [0.15, 0.2) is 42.7 Å². The summed E-state index contributed by atoms with van der Waals surface area (Å²) < 4.78 is 2.78. The van der Waals surface area contributed by atoms with Crippen molar-refractivity contribution in [3.05, 3.63) is 63.2 Å². The van der Waals surface area contributed by atoms with Crippen molar-refractivity contribution in [2.24, 2.45) is 0 Å². The molecule has 1 saturated heterocycles. The average molecular weight is 489 g/mol. The number of piperidine rings is 1. The van der Waals surface area contributed by atoms with Crippen molar-refractivity contribution in [1.29, 1.82) is 0 Å². The number of likely N-dealkylation sites (tertiary alicyclic amines) is 1. The van der Waals surface area contributed by atoms with Gasteiger partial charge in [-0.05, 0) is 52.6 Å². The molecular formula is C20H20IN5O2. The normalized spacial score (nSPS) is 24.5. The molecule has 8 heteroatoms. The third-order valence-electron chi connectivity index (χ3n) is 5.95. The number of aliphatic hydroxyl groups is 1. The van der Waals surface area contributed by atoms with Crippen molar-refractivity contribution in [2.45, 2.75) is 31.0 Å². The Hall–Kier alpha value is -2.04. The molecule has 0 unspecified atom stereocenters. The van der Waals surface area contributed by atoms with Gasteiger partial charge < -0.3 is 15.3 Å². The Labute approximate surface area is 175 Å². The summed E-state index contributed by atoms with van der Waals surface area (Å²) in [6, 6.07) is 10.1. The number of carbonyl (C=O) groups excluding carboxylic acids is 1. The van der Waals surface area contributed by atoms with Gasteiger partial charge in [0, 0.05) is 25.8 Å². The van der Waals surface area contributed by atoms with Crippen molar-refractivity contribution in [3.8, 4) is 0 Å². The molecule has 2 aliphatic heterocycles. The maximum Gasteiger partial charge on any atom is 0.272 e. The van der Waals surface area contributed by atoms with Crippen molar-refractivity contribution in [1.82, 2.24) is 24.6 Å². The van der Waals surface area contributed by atoms with Crippen LogP contribution < -0.4 is 5.32 Å². The van der Waals surface area contributed by atoms with E-state index in [1.165, 1.54) is 11.1 Å². The minimum absolute atomic E-state index is 0.161. The zero-order valence-electron chi connectivity index (χ0n) is 15.2. The zero-order valence-corrected chi connectivity index (χ0v) is 17.3. The highest BCUT2D eigenvalue weighted by molar-refractivity contribution is 14.1. The molecule has 2 aromatic heterocycles. The van der Waals surface area contributed by atoms with E-state index in [0.29, 0.717) is 31.0 Å². The minimum Gasteiger partial charge on any atom is -0.389 e. The van der Waals surface area contributed by atoms with Gasteiger partial charge in [-0.3, -0.25) is 9.20 Å². The van der Waals surface area contributed by atoms with Crippen molar-refractivity contribution in [3.63, 3.8) is 0 Å². The van der Waals surface area contributed by atoms with Gasteiger partial charge in [-0.25, -0.2) is 9.97 Å².